The van der Waals surface area contributed by atoms with Crippen molar-refractivity contribution >= 4 is 0 Å². The van der Waals surface area contributed by atoms with Crippen molar-refractivity contribution in [2.24, 2.45) is 5.92 Å². The summed E-state index contributed by atoms with van der Waals surface area (Å²) in [4.78, 5) is 5.13. The fourth-order valence-corrected chi connectivity index (χ4v) is 7.37. The molecule has 0 aliphatic rings. The molecule has 0 aliphatic heterocycles. The Morgan fingerprint density at radius 1 is 0.489 bits per heavy atom. The van der Waals surface area contributed by atoms with Crippen LogP contribution in [0.5, 0.6) is 0 Å². The molecule has 2 heteroatoms. The highest BCUT2D eigenvalue weighted by atomic mass is 15.2. The summed E-state index contributed by atoms with van der Waals surface area (Å²) in [7, 11) is 4.43. The molecule has 2 atom stereocenters. The van der Waals surface area contributed by atoms with Crippen LogP contribution in [0.1, 0.15) is 213 Å². The molecule has 2 unspecified atom stereocenters. The smallest absolute Gasteiger partial charge is 0.0286 e. The summed E-state index contributed by atoms with van der Waals surface area (Å²) < 4.78 is 0. The van der Waals surface area contributed by atoms with Gasteiger partial charge < -0.3 is 9.80 Å². The maximum Gasteiger partial charge on any atom is 0.0286 e. The van der Waals surface area contributed by atoms with Crippen molar-refractivity contribution in [1.29, 1.82) is 0 Å². The van der Waals surface area contributed by atoms with Crippen molar-refractivity contribution in [3.05, 3.63) is 37.1 Å². The normalized spacial score (nSPS) is 12.8. The van der Waals surface area contributed by atoms with E-state index in [1.54, 1.807) is 0 Å². The molecule has 0 rings (SSSR count). The van der Waals surface area contributed by atoms with Gasteiger partial charge in [-0.15, -0.1) is 0 Å². The molecule has 0 amide bonds. The molecule has 0 radical (unpaired) electrons. The number of hydrogen-bond acceptors (Lipinski definition) is 2. The van der Waals surface area contributed by atoms with Crippen molar-refractivity contribution in [1.82, 2.24) is 9.80 Å². The monoisotopic (exact) mass is 657 g/mol. The van der Waals surface area contributed by atoms with E-state index in [0.29, 0.717) is 6.04 Å². The second-order valence-electron chi connectivity index (χ2n) is 15.5. The lowest BCUT2D eigenvalue weighted by molar-refractivity contribution is 0.202. The standard InChI is InChI=1S/C45H88N2/c1-9-13-16-19-21-28-36-44(35-27-18-15-11-3)37-29-22-23-30-38-45(39-31-24-25-33-42(5)12-4)47(41-32-40-46(7)8)43(6)34-26-20-17-14-10-2/h12,44-45H,4-6,9-11,13-41H2,1-3,7-8H3. The second kappa shape index (κ2) is 34.8. The van der Waals surface area contributed by atoms with Gasteiger partial charge in [-0.2, -0.15) is 0 Å². The van der Waals surface area contributed by atoms with Gasteiger partial charge in [0.2, 0.25) is 0 Å². The van der Waals surface area contributed by atoms with Crippen LogP contribution in [-0.4, -0.2) is 43.0 Å². The minimum absolute atomic E-state index is 0.655. The largest absolute Gasteiger partial charge is 0.372 e. The SMILES string of the molecule is C=CC(=C)CCCCCC(CCCCCCC(CCCCCC)CCCCCCCC)N(CCCN(C)C)C(=C)CCCCCCC. The Morgan fingerprint density at radius 2 is 0.894 bits per heavy atom. The Hall–Kier alpha value is -1.02. The van der Waals surface area contributed by atoms with E-state index >= 15 is 0 Å². The first-order valence-corrected chi connectivity index (χ1v) is 21.3. The van der Waals surface area contributed by atoms with Crippen LogP contribution in [0.4, 0.5) is 0 Å². The molecule has 0 saturated heterocycles. The van der Waals surface area contributed by atoms with E-state index in [1.807, 2.05) is 6.08 Å². The van der Waals surface area contributed by atoms with Gasteiger partial charge in [-0.3, -0.25) is 0 Å². The van der Waals surface area contributed by atoms with Crippen LogP contribution in [0, 0.1) is 5.92 Å². The lowest BCUT2D eigenvalue weighted by Crippen LogP contribution is -2.36. The van der Waals surface area contributed by atoms with Gasteiger partial charge in [0.05, 0.1) is 0 Å². The molecule has 2 nitrogen and oxygen atoms in total. The van der Waals surface area contributed by atoms with Gasteiger partial charge in [0.15, 0.2) is 0 Å². The van der Waals surface area contributed by atoms with Crippen LogP contribution in [0.3, 0.4) is 0 Å². The molecule has 0 aliphatic carbocycles. The number of rotatable bonds is 38. The van der Waals surface area contributed by atoms with Crippen LogP contribution >= 0.6 is 0 Å². The number of nitrogens with zero attached hydrogens (tertiary/aromatic N) is 2. The Labute approximate surface area is 298 Å². The predicted molar refractivity (Wildman–Crippen MR) is 217 cm³/mol. The zero-order valence-electron chi connectivity index (χ0n) is 33.4. The Kier molecular flexibility index (Phi) is 34.1. The number of unbranched alkanes of at least 4 members (excludes halogenated alkanes) is 17. The van der Waals surface area contributed by atoms with Crippen LogP contribution in [-0.2, 0) is 0 Å². The van der Waals surface area contributed by atoms with Crippen LogP contribution < -0.4 is 0 Å². The molecule has 0 fully saturated rings. The average molecular weight is 657 g/mol. The first-order chi connectivity index (χ1) is 22.9. The molecule has 0 spiro atoms. The predicted octanol–water partition coefficient (Wildman–Crippen LogP) is 14.9. The highest BCUT2D eigenvalue weighted by molar-refractivity contribution is 5.10. The molecule has 0 aromatic rings. The Bertz CT molecular complexity index is 694. The Morgan fingerprint density at radius 3 is 1.38 bits per heavy atom. The third kappa shape index (κ3) is 29.6. The second-order valence-corrected chi connectivity index (χ2v) is 15.5. The lowest BCUT2D eigenvalue weighted by Gasteiger charge is -2.36. The van der Waals surface area contributed by atoms with Gasteiger partial charge in [-0.05, 0) is 71.5 Å². The minimum Gasteiger partial charge on any atom is -0.372 e. The van der Waals surface area contributed by atoms with E-state index in [9.17, 15) is 0 Å². The summed E-state index contributed by atoms with van der Waals surface area (Å²) in [5, 5.41) is 0. The summed E-state index contributed by atoms with van der Waals surface area (Å²) in [5.41, 5.74) is 2.62. The molecule has 0 saturated carbocycles. The number of allylic oxidation sites excluding steroid dienone is 3. The molecule has 0 aromatic heterocycles. The van der Waals surface area contributed by atoms with Crippen molar-refractivity contribution in [3.8, 4) is 0 Å². The molecule has 47 heavy (non-hydrogen) atoms. The van der Waals surface area contributed by atoms with Crippen LogP contribution in [0.2, 0.25) is 0 Å². The van der Waals surface area contributed by atoms with E-state index in [0.717, 1.165) is 18.9 Å². The summed E-state index contributed by atoms with van der Waals surface area (Å²) >= 11 is 0. The fourth-order valence-electron chi connectivity index (χ4n) is 7.37. The first kappa shape index (κ1) is 46.0. The third-order valence-electron chi connectivity index (χ3n) is 10.6. The van der Waals surface area contributed by atoms with Crippen molar-refractivity contribution < 1.29 is 0 Å². The lowest BCUT2D eigenvalue weighted by atomic mass is 9.89. The molecule has 0 aromatic carbocycles. The highest BCUT2D eigenvalue weighted by Crippen LogP contribution is 2.27. The Balaban J connectivity index is 5.06. The zero-order chi connectivity index (χ0) is 34.8. The third-order valence-corrected chi connectivity index (χ3v) is 10.6. The topological polar surface area (TPSA) is 6.48 Å². The molecule has 0 N–H and O–H groups in total. The van der Waals surface area contributed by atoms with E-state index in [-0.39, 0.29) is 0 Å². The van der Waals surface area contributed by atoms with Gasteiger partial charge in [-0.1, -0.05) is 200 Å². The molecule has 0 heterocycles. The minimum atomic E-state index is 0.655. The molecule has 278 valence electrons. The van der Waals surface area contributed by atoms with Crippen LogP contribution in [0.25, 0.3) is 0 Å². The van der Waals surface area contributed by atoms with Gasteiger partial charge in [-0.25, -0.2) is 0 Å². The van der Waals surface area contributed by atoms with Crippen molar-refractivity contribution in [3.63, 3.8) is 0 Å². The average Bonchev–Trinajstić information content (AvgIpc) is 3.06. The summed E-state index contributed by atoms with van der Waals surface area (Å²) in [6.07, 6.45) is 43.1. The van der Waals surface area contributed by atoms with Gasteiger partial charge in [0.25, 0.3) is 0 Å². The maximum atomic E-state index is 4.72. The van der Waals surface area contributed by atoms with Gasteiger partial charge in [0.1, 0.15) is 0 Å². The summed E-state index contributed by atoms with van der Waals surface area (Å²) in [5.74, 6) is 0.982. The fraction of sp³-hybridized carbons (Fsp3) is 0.867. The van der Waals surface area contributed by atoms with E-state index < -0.39 is 0 Å². The van der Waals surface area contributed by atoms with E-state index in [1.165, 1.54) is 204 Å². The van der Waals surface area contributed by atoms with Crippen molar-refractivity contribution in [2.75, 3.05) is 27.2 Å². The van der Waals surface area contributed by atoms with Gasteiger partial charge >= 0.3 is 0 Å². The van der Waals surface area contributed by atoms with E-state index in [4.69, 9.17) is 6.58 Å². The van der Waals surface area contributed by atoms with Crippen LogP contribution in [0.15, 0.2) is 37.1 Å². The number of hydrogen-bond donors (Lipinski definition) is 0. The van der Waals surface area contributed by atoms with E-state index in [2.05, 4.69) is 57.8 Å². The summed E-state index contributed by atoms with van der Waals surface area (Å²) in [6.45, 7) is 22.1. The first-order valence-electron chi connectivity index (χ1n) is 21.3. The van der Waals surface area contributed by atoms with Gasteiger partial charge in [0, 0.05) is 18.3 Å². The molecular formula is C45H88N2. The van der Waals surface area contributed by atoms with Crippen molar-refractivity contribution in [2.45, 2.75) is 219 Å². The maximum absolute atomic E-state index is 4.72. The summed E-state index contributed by atoms with van der Waals surface area (Å²) in [6, 6.07) is 0.655. The highest BCUT2D eigenvalue weighted by Gasteiger charge is 2.19. The molecule has 0 bridgehead atoms. The zero-order valence-corrected chi connectivity index (χ0v) is 33.4. The quantitative estimate of drug-likeness (QED) is 0.0482. The molecular weight excluding hydrogens is 569 g/mol.